The van der Waals surface area contributed by atoms with Crippen molar-refractivity contribution in [2.75, 3.05) is 31.1 Å². The van der Waals surface area contributed by atoms with Gasteiger partial charge in [0.05, 0.1) is 6.26 Å². The summed E-state index contributed by atoms with van der Waals surface area (Å²) in [6.45, 7) is 6.27. The maximum absolute atomic E-state index is 12.7. The van der Waals surface area contributed by atoms with Crippen LogP contribution in [0, 0.1) is 0 Å². The maximum Gasteiger partial charge on any atom is 0.287 e. The summed E-state index contributed by atoms with van der Waals surface area (Å²) in [4.78, 5) is 33.2. The second kappa shape index (κ2) is 9.03. The van der Waals surface area contributed by atoms with Crippen molar-refractivity contribution in [3.8, 4) is 11.4 Å². The number of nitrogens with one attached hydrogen (secondary N) is 1. The first kappa shape index (κ1) is 20.6. The zero-order valence-corrected chi connectivity index (χ0v) is 17.6. The summed E-state index contributed by atoms with van der Waals surface area (Å²) >= 11 is 0. The summed E-state index contributed by atoms with van der Waals surface area (Å²) in [5, 5.41) is 6.70. The Hall–Kier alpha value is -3.62. The van der Waals surface area contributed by atoms with Crippen LogP contribution in [-0.2, 0) is 11.2 Å². The Kier molecular flexibility index (Phi) is 6.01. The van der Waals surface area contributed by atoms with Gasteiger partial charge in [0.15, 0.2) is 5.76 Å². The van der Waals surface area contributed by atoms with Gasteiger partial charge in [-0.25, -0.2) is 0 Å². The van der Waals surface area contributed by atoms with E-state index in [1.165, 1.54) is 6.26 Å². The molecule has 0 unspecified atom stereocenters. The molecule has 9 nitrogen and oxygen atoms in total. The summed E-state index contributed by atoms with van der Waals surface area (Å²) in [7, 11) is 0. The predicted molar refractivity (Wildman–Crippen MR) is 114 cm³/mol. The number of amides is 2. The van der Waals surface area contributed by atoms with Gasteiger partial charge in [0.1, 0.15) is 6.04 Å². The van der Waals surface area contributed by atoms with E-state index >= 15 is 0 Å². The quantitative estimate of drug-likeness (QED) is 0.649. The van der Waals surface area contributed by atoms with Crippen LogP contribution < -0.4 is 10.2 Å². The van der Waals surface area contributed by atoms with E-state index in [-0.39, 0.29) is 11.7 Å². The normalized spacial score (nSPS) is 15.0. The Morgan fingerprint density at radius 2 is 1.87 bits per heavy atom. The van der Waals surface area contributed by atoms with Crippen molar-refractivity contribution in [1.29, 1.82) is 0 Å². The molecular weight excluding hydrogens is 398 g/mol. The first-order valence-electron chi connectivity index (χ1n) is 10.4. The first-order valence-corrected chi connectivity index (χ1v) is 10.4. The minimum Gasteiger partial charge on any atom is -0.459 e. The Labute approximate surface area is 180 Å². The zero-order valence-electron chi connectivity index (χ0n) is 17.6. The molecule has 1 aliphatic rings. The van der Waals surface area contributed by atoms with Gasteiger partial charge < -0.3 is 24.1 Å². The van der Waals surface area contributed by atoms with Gasteiger partial charge in [-0.2, -0.15) is 4.98 Å². The van der Waals surface area contributed by atoms with Crippen LogP contribution >= 0.6 is 0 Å². The molecule has 1 fully saturated rings. The molecule has 1 aromatic carbocycles. The number of aromatic nitrogens is 2. The number of anilines is 1. The summed E-state index contributed by atoms with van der Waals surface area (Å²) in [6, 6.07) is 10.6. The Morgan fingerprint density at radius 1 is 1.13 bits per heavy atom. The third-order valence-electron chi connectivity index (χ3n) is 5.32. The smallest absolute Gasteiger partial charge is 0.287 e. The van der Waals surface area contributed by atoms with E-state index in [4.69, 9.17) is 8.94 Å². The fraction of sp³-hybridized carbons (Fsp3) is 0.364. The molecule has 1 atom stereocenters. The minimum atomic E-state index is -0.619. The number of aryl methyl sites for hydroxylation is 1. The van der Waals surface area contributed by atoms with Crippen LogP contribution in [-0.4, -0.2) is 59.1 Å². The molecule has 1 saturated heterocycles. The van der Waals surface area contributed by atoms with E-state index < -0.39 is 11.9 Å². The van der Waals surface area contributed by atoms with E-state index in [2.05, 4.69) is 20.4 Å². The fourth-order valence-electron chi connectivity index (χ4n) is 3.53. The molecule has 0 bridgehead atoms. The number of nitrogens with zero attached hydrogens (tertiary/aromatic N) is 4. The van der Waals surface area contributed by atoms with Gasteiger partial charge in [0.2, 0.25) is 17.6 Å². The molecule has 2 aromatic heterocycles. The van der Waals surface area contributed by atoms with Gasteiger partial charge in [-0.15, -0.1) is 0 Å². The maximum atomic E-state index is 12.7. The number of carbonyl (C=O) groups is 2. The molecule has 0 aliphatic carbocycles. The van der Waals surface area contributed by atoms with Crippen molar-refractivity contribution in [2.24, 2.45) is 0 Å². The van der Waals surface area contributed by atoms with Gasteiger partial charge in [-0.05, 0) is 43.3 Å². The molecule has 4 rings (SSSR count). The average Bonchev–Trinajstić information content (AvgIpc) is 3.51. The third kappa shape index (κ3) is 4.60. The first-order chi connectivity index (χ1) is 15.0. The Morgan fingerprint density at radius 3 is 2.48 bits per heavy atom. The molecule has 31 heavy (non-hydrogen) atoms. The standard InChI is InChI=1S/C22H25N5O4/c1-3-19-24-20(25-31-19)16-6-8-17(9-7-16)26-10-12-27(13-11-26)22(29)15(2)23-21(28)18-5-4-14-30-18/h4-9,14-15H,3,10-13H2,1-2H3,(H,23,28)/t15-/m1/s1. The Balaban J connectivity index is 1.30. The molecule has 162 valence electrons. The van der Waals surface area contributed by atoms with Crippen LogP contribution in [0.4, 0.5) is 5.69 Å². The number of piperazine rings is 1. The van der Waals surface area contributed by atoms with Gasteiger partial charge >= 0.3 is 0 Å². The van der Waals surface area contributed by atoms with Crippen LogP contribution in [0.3, 0.4) is 0 Å². The van der Waals surface area contributed by atoms with Crippen molar-refractivity contribution in [3.63, 3.8) is 0 Å². The average molecular weight is 423 g/mol. The highest BCUT2D eigenvalue weighted by atomic mass is 16.5. The van der Waals surface area contributed by atoms with Crippen LogP contribution in [0.2, 0.25) is 0 Å². The zero-order chi connectivity index (χ0) is 21.8. The number of benzene rings is 1. The fourth-order valence-corrected chi connectivity index (χ4v) is 3.53. The highest BCUT2D eigenvalue weighted by Crippen LogP contribution is 2.22. The van der Waals surface area contributed by atoms with Gasteiger partial charge in [0.25, 0.3) is 5.91 Å². The Bertz CT molecular complexity index is 1020. The van der Waals surface area contributed by atoms with Crippen molar-refractivity contribution in [2.45, 2.75) is 26.3 Å². The largest absolute Gasteiger partial charge is 0.459 e. The predicted octanol–water partition coefficient (Wildman–Crippen LogP) is 2.36. The number of rotatable bonds is 6. The van der Waals surface area contributed by atoms with Crippen molar-refractivity contribution < 1.29 is 18.5 Å². The second-order valence-electron chi connectivity index (χ2n) is 7.40. The SMILES string of the molecule is CCc1nc(-c2ccc(N3CCN(C(=O)[C@@H](C)NC(=O)c4ccco4)CC3)cc2)no1. The lowest BCUT2D eigenvalue weighted by Gasteiger charge is -2.37. The molecule has 1 aliphatic heterocycles. The molecule has 3 heterocycles. The van der Waals surface area contributed by atoms with E-state index in [9.17, 15) is 9.59 Å². The molecular formula is C22H25N5O4. The molecule has 0 spiro atoms. The lowest BCUT2D eigenvalue weighted by Crippen LogP contribution is -2.54. The van der Waals surface area contributed by atoms with Crippen LogP contribution in [0.25, 0.3) is 11.4 Å². The number of furan rings is 1. The number of hydrogen-bond donors (Lipinski definition) is 1. The highest BCUT2D eigenvalue weighted by Gasteiger charge is 2.26. The summed E-state index contributed by atoms with van der Waals surface area (Å²) in [5.74, 6) is 0.912. The van der Waals surface area contributed by atoms with Gasteiger partial charge in [-0.1, -0.05) is 12.1 Å². The lowest BCUT2D eigenvalue weighted by molar-refractivity contribution is -0.133. The minimum absolute atomic E-state index is 0.0984. The van der Waals surface area contributed by atoms with E-state index in [0.717, 1.165) is 11.3 Å². The molecule has 3 aromatic rings. The van der Waals surface area contributed by atoms with Gasteiger partial charge in [-0.3, -0.25) is 9.59 Å². The molecule has 2 amide bonds. The third-order valence-corrected chi connectivity index (χ3v) is 5.32. The van der Waals surface area contributed by atoms with Gasteiger partial charge in [0, 0.05) is 43.9 Å². The van der Waals surface area contributed by atoms with Crippen LogP contribution in [0.1, 0.15) is 30.3 Å². The summed E-state index contributed by atoms with van der Waals surface area (Å²) < 4.78 is 10.2. The highest BCUT2D eigenvalue weighted by molar-refractivity contribution is 5.95. The molecule has 9 heteroatoms. The van der Waals surface area contributed by atoms with Crippen LogP contribution in [0.15, 0.2) is 51.6 Å². The monoisotopic (exact) mass is 423 g/mol. The van der Waals surface area contributed by atoms with E-state index in [1.807, 2.05) is 31.2 Å². The number of carbonyl (C=O) groups excluding carboxylic acids is 2. The molecule has 1 N–H and O–H groups in total. The lowest BCUT2D eigenvalue weighted by atomic mass is 10.1. The van der Waals surface area contributed by atoms with Crippen LogP contribution in [0.5, 0.6) is 0 Å². The van der Waals surface area contributed by atoms with Crippen molar-refractivity contribution in [1.82, 2.24) is 20.4 Å². The van der Waals surface area contributed by atoms with E-state index in [0.29, 0.717) is 44.3 Å². The molecule has 0 saturated carbocycles. The second-order valence-corrected chi connectivity index (χ2v) is 7.40. The molecule has 0 radical (unpaired) electrons. The van der Waals surface area contributed by atoms with Crippen molar-refractivity contribution in [3.05, 3.63) is 54.3 Å². The topological polar surface area (TPSA) is 105 Å². The summed E-state index contributed by atoms with van der Waals surface area (Å²) in [5.41, 5.74) is 1.98. The van der Waals surface area contributed by atoms with Crippen molar-refractivity contribution >= 4 is 17.5 Å². The van der Waals surface area contributed by atoms with E-state index in [1.54, 1.807) is 24.0 Å². The summed E-state index contributed by atoms with van der Waals surface area (Å²) in [6.07, 6.45) is 2.14. The number of hydrogen-bond acceptors (Lipinski definition) is 7.